The number of benzene rings is 1. The highest BCUT2D eigenvalue weighted by atomic mass is 16.2. The third-order valence-corrected chi connectivity index (χ3v) is 6.13. The second-order valence-corrected chi connectivity index (χ2v) is 9.07. The van der Waals surface area contributed by atoms with Crippen LogP contribution in [-0.4, -0.2) is 39.3 Å². The number of imidazole rings is 1. The Morgan fingerprint density at radius 1 is 1.26 bits per heavy atom. The second kappa shape index (κ2) is 12.7. The van der Waals surface area contributed by atoms with E-state index in [0.717, 1.165) is 42.4 Å². The molecule has 0 bridgehead atoms. The van der Waals surface area contributed by atoms with E-state index < -0.39 is 6.04 Å². The lowest BCUT2D eigenvalue weighted by Crippen LogP contribution is -2.48. The maximum atomic E-state index is 13.9. The van der Waals surface area contributed by atoms with Crippen molar-refractivity contribution < 1.29 is 9.59 Å². The third kappa shape index (κ3) is 7.18. The third-order valence-electron chi connectivity index (χ3n) is 6.13. The normalized spacial score (nSPS) is 15.6. The van der Waals surface area contributed by atoms with Crippen LogP contribution >= 0.6 is 0 Å². The van der Waals surface area contributed by atoms with Crippen molar-refractivity contribution in [2.45, 2.75) is 65.0 Å². The summed E-state index contributed by atoms with van der Waals surface area (Å²) in [5, 5.41) is 6.29. The van der Waals surface area contributed by atoms with E-state index in [2.05, 4.69) is 27.2 Å². The average Bonchev–Trinajstić information content (AvgIpc) is 3.35. The molecule has 0 radical (unpaired) electrons. The topological polar surface area (TPSA) is 90.1 Å². The lowest BCUT2D eigenvalue weighted by molar-refractivity contribution is -0.137. The van der Waals surface area contributed by atoms with Crippen LogP contribution in [0.4, 0.5) is 5.95 Å². The number of carbonyl (C=O) groups excluding carboxylic acids is 2. The maximum absolute atomic E-state index is 13.9. The van der Waals surface area contributed by atoms with Crippen LogP contribution < -0.4 is 10.6 Å². The van der Waals surface area contributed by atoms with Gasteiger partial charge in [0.1, 0.15) is 6.04 Å². The Hall–Kier alpha value is -3.61. The predicted octanol–water partition coefficient (Wildman–Crippen LogP) is 5.18. The highest BCUT2D eigenvalue weighted by Gasteiger charge is 2.35. The number of aromatic amines is 1. The molecule has 1 unspecified atom stereocenters. The van der Waals surface area contributed by atoms with Crippen LogP contribution in [0.1, 0.15) is 63.1 Å². The summed E-state index contributed by atoms with van der Waals surface area (Å²) in [5.74, 6) is 0.0718. The Bertz CT molecular complexity index is 1060. The highest BCUT2D eigenvalue weighted by molar-refractivity contribution is 5.92. The number of H-pyrrole nitrogens is 1. The molecular weight excluding hydrogens is 438 g/mol. The summed E-state index contributed by atoms with van der Waals surface area (Å²) < 4.78 is 0. The zero-order valence-corrected chi connectivity index (χ0v) is 21.0. The van der Waals surface area contributed by atoms with Crippen molar-refractivity contribution in [2.24, 2.45) is 0 Å². The summed E-state index contributed by atoms with van der Waals surface area (Å²) in [6.07, 6.45) is 14.2. The van der Waals surface area contributed by atoms with Gasteiger partial charge in [0, 0.05) is 24.1 Å². The quantitative estimate of drug-likeness (QED) is 0.413. The minimum atomic E-state index is -0.828. The summed E-state index contributed by atoms with van der Waals surface area (Å²) in [5.41, 5.74) is 3.14. The minimum Gasteiger partial charge on any atom is -0.351 e. The number of nitrogens with one attached hydrogen (secondary N) is 3. The van der Waals surface area contributed by atoms with Crippen LogP contribution in [0.2, 0.25) is 0 Å². The van der Waals surface area contributed by atoms with Gasteiger partial charge in [0.2, 0.25) is 17.8 Å². The van der Waals surface area contributed by atoms with Gasteiger partial charge in [-0.15, -0.1) is 0 Å². The zero-order valence-electron chi connectivity index (χ0n) is 21.0. The average molecular weight is 476 g/mol. The van der Waals surface area contributed by atoms with Crippen molar-refractivity contribution in [1.29, 1.82) is 0 Å². The zero-order chi connectivity index (χ0) is 25.2. The second-order valence-electron chi connectivity index (χ2n) is 9.07. The Balaban J connectivity index is 2.05. The number of amides is 2. The first kappa shape index (κ1) is 26.0. The molecule has 1 saturated carbocycles. The largest absolute Gasteiger partial charge is 0.351 e. The van der Waals surface area contributed by atoms with Crippen molar-refractivity contribution in [1.82, 2.24) is 20.2 Å². The fraction of sp³-hybridized carbons (Fsp3) is 0.393. The molecule has 1 atom stereocenters. The van der Waals surface area contributed by atoms with Gasteiger partial charge >= 0.3 is 0 Å². The molecule has 2 amide bonds. The van der Waals surface area contributed by atoms with Crippen LogP contribution in [0.5, 0.6) is 0 Å². The molecule has 1 aromatic heterocycles. The summed E-state index contributed by atoms with van der Waals surface area (Å²) in [4.78, 5) is 36.4. The first-order valence-electron chi connectivity index (χ1n) is 12.3. The Labute approximate surface area is 208 Å². The maximum Gasteiger partial charge on any atom is 0.248 e. The van der Waals surface area contributed by atoms with Crippen LogP contribution in [0, 0.1) is 6.92 Å². The van der Waals surface area contributed by atoms with E-state index in [-0.39, 0.29) is 24.4 Å². The van der Waals surface area contributed by atoms with Gasteiger partial charge in [-0.3, -0.25) is 14.5 Å². The Kier molecular flexibility index (Phi) is 9.47. The van der Waals surface area contributed by atoms with Gasteiger partial charge in [-0.1, -0.05) is 61.8 Å². The molecule has 2 aromatic rings. The number of rotatable bonds is 10. The SMILES string of the molecule is C=C(C)/C=C(\C=C/C)N(C(=O)CNc1ncc[nH]1)C(C(=O)NC1CCCCC1)c1ccccc1C. The lowest BCUT2D eigenvalue weighted by atomic mass is 9.93. The highest BCUT2D eigenvalue weighted by Crippen LogP contribution is 2.30. The van der Waals surface area contributed by atoms with E-state index in [9.17, 15) is 9.59 Å². The first-order chi connectivity index (χ1) is 16.9. The van der Waals surface area contributed by atoms with Crippen molar-refractivity contribution in [3.63, 3.8) is 0 Å². The number of aromatic nitrogens is 2. The van der Waals surface area contributed by atoms with Crippen LogP contribution in [0.15, 0.2) is 72.7 Å². The summed E-state index contributed by atoms with van der Waals surface area (Å²) in [6.45, 7) is 9.72. The summed E-state index contributed by atoms with van der Waals surface area (Å²) in [6, 6.07) is 7.04. The summed E-state index contributed by atoms with van der Waals surface area (Å²) >= 11 is 0. The molecule has 1 aromatic carbocycles. The lowest BCUT2D eigenvalue weighted by Gasteiger charge is -2.35. The predicted molar refractivity (Wildman–Crippen MR) is 141 cm³/mol. The number of allylic oxidation sites excluding steroid dienone is 4. The smallest absolute Gasteiger partial charge is 0.248 e. The molecule has 1 aliphatic carbocycles. The molecular formula is C28H37N5O2. The van der Waals surface area contributed by atoms with Crippen LogP contribution in [0.25, 0.3) is 0 Å². The fourth-order valence-electron chi connectivity index (χ4n) is 4.48. The van der Waals surface area contributed by atoms with Crippen molar-refractivity contribution in [3.8, 4) is 0 Å². The molecule has 1 fully saturated rings. The number of hydrogen-bond donors (Lipinski definition) is 3. The number of hydrogen-bond acceptors (Lipinski definition) is 4. The monoisotopic (exact) mass is 475 g/mol. The van der Waals surface area contributed by atoms with Gasteiger partial charge in [-0.2, -0.15) is 0 Å². The molecule has 7 heteroatoms. The molecule has 7 nitrogen and oxygen atoms in total. The Morgan fingerprint density at radius 2 is 2.00 bits per heavy atom. The molecule has 1 aliphatic rings. The van der Waals surface area contributed by atoms with Crippen LogP contribution in [0.3, 0.4) is 0 Å². The van der Waals surface area contributed by atoms with E-state index in [0.29, 0.717) is 11.6 Å². The first-order valence-corrected chi connectivity index (χ1v) is 12.3. The molecule has 0 saturated heterocycles. The van der Waals surface area contributed by atoms with Gasteiger partial charge in [0.15, 0.2) is 0 Å². The van der Waals surface area contributed by atoms with Gasteiger partial charge in [0.05, 0.1) is 6.54 Å². The van der Waals surface area contributed by atoms with Gasteiger partial charge in [-0.05, 0) is 56.9 Å². The molecule has 3 rings (SSSR count). The van der Waals surface area contributed by atoms with Gasteiger partial charge < -0.3 is 15.6 Å². The van der Waals surface area contributed by atoms with E-state index in [1.807, 2.05) is 63.3 Å². The van der Waals surface area contributed by atoms with E-state index in [4.69, 9.17) is 0 Å². The molecule has 186 valence electrons. The van der Waals surface area contributed by atoms with Crippen molar-refractivity contribution in [2.75, 3.05) is 11.9 Å². The number of aryl methyl sites for hydroxylation is 1. The fourth-order valence-corrected chi connectivity index (χ4v) is 4.48. The Morgan fingerprint density at radius 3 is 2.63 bits per heavy atom. The minimum absolute atomic E-state index is 0.0301. The summed E-state index contributed by atoms with van der Waals surface area (Å²) in [7, 11) is 0. The molecule has 35 heavy (non-hydrogen) atoms. The van der Waals surface area contributed by atoms with Gasteiger partial charge in [0.25, 0.3) is 0 Å². The van der Waals surface area contributed by atoms with E-state index in [1.54, 1.807) is 17.3 Å². The molecule has 3 N–H and O–H groups in total. The van der Waals surface area contributed by atoms with Crippen molar-refractivity contribution >= 4 is 17.8 Å². The molecule has 0 spiro atoms. The van der Waals surface area contributed by atoms with Gasteiger partial charge in [-0.25, -0.2) is 4.98 Å². The van der Waals surface area contributed by atoms with Crippen LogP contribution in [-0.2, 0) is 9.59 Å². The number of nitrogens with zero attached hydrogens (tertiary/aromatic N) is 2. The van der Waals surface area contributed by atoms with Crippen molar-refractivity contribution in [3.05, 3.63) is 83.9 Å². The van der Waals surface area contributed by atoms with E-state index >= 15 is 0 Å². The number of anilines is 1. The molecule has 1 heterocycles. The standard InChI is InChI=1S/C28H37N5O2/c1-5-11-23(18-20(2)3)33(25(34)19-31-28-29-16-17-30-28)26(24-15-10-9-12-21(24)4)27(35)32-22-13-7-6-8-14-22/h5,9-12,15-18,22,26H,2,6-8,13-14,19H2,1,3-4H3,(H,32,35)(H2,29,30,31)/b11-5-,23-18+. The van der Waals surface area contributed by atoms with E-state index in [1.165, 1.54) is 6.42 Å². The number of carbonyl (C=O) groups is 2. The molecule has 0 aliphatic heterocycles.